The SMILES string of the molecule is COc1ccccc1C[NH2+]C(CO)(CO)CO. The highest BCUT2D eigenvalue weighted by Crippen LogP contribution is 2.15. The summed E-state index contributed by atoms with van der Waals surface area (Å²) in [5.74, 6) is 0.756. The summed E-state index contributed by atoms with van der Waals surface area (Å²) in [7, 11) is 1.59. The highest BCUT2D eigenvalue weighted by molar-refractivity contribution is 5.32. The van der Waals surface area contributed by atoms with Gasteiger partial charge >= 0.3 is 0 Å². The first-order valence-electron chi connectivity index (χ1n) is 5.50. The Balaban J connectivity index is 2.71. The minimum atomic E-state index is -0.944. The maximum Gasteiger partial charge on any atom is 0.166 e. The van der Waals surface area contributed by atoms with Crippen molar-refractivity contribution in [1.82, 2.24) is 0 Å². The number of aliphatic hydroxyl groups excluding tert-OH is 3. The second-order valence-electron chi connectivity index (χ2n) is 4.06. The first kappa shape index (κ1) is 13.9. The molecular weight excluding hydrogens is 222 g/mol. The van der Waals surface area contributed by atoms with E-state index < -0.39 is 5.54 Å². The van der Waals surface area contributed by atoms with Crippen LogP contribution in [0.15, 0.2) is 24.3 Å². The van der Waals surface area contributed by atoms with Crippen molar-refractivity contribution in [1.29, 1.82) is 0 Å². The Bertz CT molecular complexity index is 331. The summed E-state index contributed by atoms with van der Waals surface area (Å²) in [5.41, 5.74) is 0.00985. The van der Waals surface area contributed by atoms with E-state index in [4.69, 9.17) is 4.74 Å². The van der Waals surface area contributed by atoms with Crippen LogP contribution >= 0.6 is 0 Å². The molecule has 0 atom stereocenters. The number of rotatable bonds is 7. The van der Waals surface area contributed by atoms with Crippen molar-refractivity contribution in [2.24, 2.45) is 0 Å². The van der Waals surface area contributed by atoms with Crippen LogP contribution in [0.4, 0.5) is 0 Å². The number of methoxy groups -OCH3 is 1. The van der Waals surface area contributed by atoms with Gasteiger partial charge in [-0.1, -0.05) is 12.1 Å². The molecule has 0 amide bonds. The van der Waals surface area contributed by atoms with E-state index in [2.05, 4.69) is 0 Å². The van der Waals surface area contributed by atoms with Crippen molar-refractivity contribution in [3.05, 3.63) is 29.8 Å². The zero-order chi connectivity index (χ0) is 12.7. The van der Waals surface area contributed by atoms with Crippen LogP contribution in [0.25, 0.3) is 0 Å². The van der Waals surface area contributed by atoms with Gasteiger partial charge in [-0.2, -0.15) is 0 Å². The Morgan fingerprint density at radius 1 is 1.12 bits per heavy atom. The molecule has 96 valence electrons. The number of hydrogen-bond acceptors (Lipinski definition) is 4. The van der Waals surface area contributed by atoms with E-state index in [-0.39, 0.29) is 19.8 Å². The Morgan fingerprint density at radius 3 is 2.24 bits per heavy atom. The normalized spacial score (nSPS) is 11.5. The highest BCUT2D eigenvalue weighted by Gasteiger charge is 2.31. The predicted molar refractivity (Wildman–Crippen MR) is 62.6 cm³/mol. The summed E-state index contributed by atoms with van der Waals surface area (Å²) in [5, 5.41) is 29.3. The molecule has 0 saturated carbocycles. The monoisotopic (exact) mass is 242 g/mol. The number of benzene rings is 1. The summed E-state index contributed by atoms with van der Waals surface area (Å²) < 4.78 is 5.20. The van der Waals surface area contributed by atoms with Crippen molar-refractivity contribution in [3.63, 3.8) is 0 Å². The maximum absolute atomic E-state index is 9.20. The molecular formula is C12H20NO4+. The largest absolute Gasteiger partial charge is 0.496 e. The van der Waals surface area contributed by atoms with Crippen LogP contribution in [-0.4, -0.2) is 47.8 Å². The fraction of sp³-hybridized carbons (Fsp3) is 0.500. The van der Waals surface area contributed by atoms with Crippen molar-refractivity contribution >= 4 is 0 Å². The van der Waals surface area contributed by atoms with Crippen LogP contribution in [0.2, 0.25) is 0 Å². The summed E-state index contributed by atoms with van der Waals surface area (Å²) in [4.78, 5) is 0. The van der Waals surface area contributed by atoms with Crippen molar-refractivity contribution < 1.29 is 25.4 Å². The van der Waals surface area contributed by atoms with Gasteiger partial charge in [-0.25, -0.2) is 0 Å². The molecule has 1 aromatic rings. The molecule has 0 aliphatic heterocycles. The molecule has 5 N–H and O–H groups in total. The van der Waals surface area contributed by atoms with Gasteiger partial charge in [0.05, 0.1) is 7.11 Å². The van der Waals surface area contributed by atoms with Crippen LogP contribution in [-0.2, 0) is 6.54 Å². The average molecular weight is 242 g/mol. The third-order valence-electron chi connectivity index (χ3n) is 2.89. The minimum absolute atomic E-state index is 0.283. The minimum Gasteiger partial charge on any atom is -0.496 e. The van der Waals surface area contributed by atoms with Crippen molar-refractivity contribution in [2.75, 3.05) is 26.9 Å². The zero-order valence-corrected chi connectivity index (χ0v) is 9.97. The van der Waals surface area contributed by atoms with Gasteiger partial charge in [0.25, 0.3) is 0 Å². The van der Waals surface area contributed by atoms with Gasteiger partial charge in [-0.3, -0.25) is 0 Å². The van der Waals surface area contributed by atoms with Crippen LogP contribution in [0, 0.1) is 0 Å². The topological polar surface area (TPSA) is 86.5 Å². The second-order valence-corrected chi connectivity index (χ2v) is 4.06. The molecule has 0 spiro atoms. The standard InChI is InChI=1S/C12H19NO4/c1-17-11-5-3-2-4-10(11)6-13-12(7-14,8-15)9-16/h2-5,13-16H,6-9H2,1H3/p+1. The van der Waals surface area contributed by atoms with E-state index in [9.17, 15) is 15.3 Å². The van der Waals surface area contributed by atoms with Crippen LogP contribution in [0.5, 0.6) is 5.75 Å². The van der Waals surface area contributed by atoms with E-state index >= 15 is 0 Å². The van der Waals surface area contributed by atoms with Gasteiger partial charge in [-0.05, 0) is 12.1 Å². The lowest BCUT2D eigenvalue weighted by Crippen LogP contribution is -2.99. The summed E-state index contributed by atoms with van der Waals surface area (Å²) in [6.45, 7) is -0.328. The van der Waals surface area contributed by atoms with Crippen LogP contribution in [0.3, 0.4) is 0 Å². The number of ether oxygens (including phenoxy) is 1. The fourth-order valence-electron chi connectivity index (χ4n) is 1.54. The Hall–Kier alpha value is -1.14. The molecule has 5 heteroatoms. The first-order valence-corrected chi connectivity index (χ1v) is 5.50. The Morgan fingerprint density at radius 2 is 1.71 bits per heavy atom. The maximum atomic E-state index is 9.20. The molecule has 5 nitrogen and oxygen atoms in total. The summed E-state index contributed by atoms with van der Waals surface area (Å²) in [6, 6.07) is 7.53. The number of para-hydroxylation sites is 1. The predicted octanol–water partition coefficient (Wildman–Crippen LogP) is -1.53. The third kappa shape index (κ3) is 3.41. The van der Waals surface area contributed by atoms with Gasteiger partial charge < -0.3 is 25.4 Å². The van der Waals surface area contributed by atoms with Gasteiger partial charge in [0.2, 0.25) is 0 Å². The molecule has 0 aromatic heterocycles. The molecule has 0 fully saturated rings. The van der Waals surface area contributed by atoms with Crippen molar-refractivity contribution in [2.45, 2.75) is 12.1 Å². The van der Waals surface area contributed by atoms with E-state index in [1.54, 1.807) is 12.4 Å². The lowest BCUT2D eigenvalue weighted by atomic mass is 10.0. The first-order chi connectivity index (χ1) is 8.21. The lowest BCUT2D eigenvalue weighted by Gasteiger charge is -2.25. The molecule has 1 rings (SSSR count). The Labute approximate surface area is 101 Å². The molecule has 17 heavy (non-hydrogen) atoms. The smallest absolute Gasteiger partial charge is 0.166 e. The molecule has 0 unspecified atom stereocenters. The molecule has 1 aromatic carbocycles. The second kappa shape index (κ2) is 6.56. The fourth-order valence-corrected chi connectivity index (χ4v) is 1.54. The summed E-state index contributed by atoms with van der Waals surface area (Å²) in [6.07, 6.45) is 0. The van der Waals surface area contributed by atoms with E-state index in [0.717, 1.165) is 11.3 Å². The zero-order valence-electron chi connectivity index (χ0n) is 9.97. The van der Waals surface area contributed by atoms with Gasteiger partial charge in [-0.15, -0.1) is 0 Å². The molecule has 0 saturated heterocycles. The van der Waals surface area contributed by atoms with Gasteiger partial charge in [0.1, 0.15) is 32.1 Å². The van der Waals surface area contributed by atoms with E-state index in [0.29, 0.717) is 6.54 Å². The average Bonchev–Trinajstić information content (AvgIpc) is 2.41. The van der Waals surface area contributed by atoms with E-state index in [1.807, 2.05) is 24.3 Å². The van der Waals surface area contributed by atoms with Crippen LogP contribution < -0.4 is 10.1 Å². The molecule has 0 radical (unpaired) electrons. The molecule has 0 aliphatic carbocycles. The highest BCUT2D eigenvalue weighted by atomic mass is 16.5. The molecule has 0 heterocycles. The van der Waals surface area contributed by atoms with Crippen LogP contribution in [0.1, 0.15) is 5.56 Å². The van der Waals surface area contributed by atoms with Gasteiger partial charge in [0.15, 0.2) is 5.54 Å². The number of quaternary nitrogens is 1. The molecule has 0 bridgehead atoms. The Kier molecular flexibility index (Phi) is 5.37. The quantitative estimate of drug-likeness (QED) is 0.467. The number of hydrogen-bond donors (Lipinski definition) is 4. The van der Waals surface area contributed by atoms with E-state index in [1.165, 1.54) is 0 Å². The summed E-state index contributed by atoms with van der Waals surface area (Å²) >= 11 is 0. The number of aliphatic hydroxyl groups is 3. The van der Waals surface area contributed by atoms with Gasteiger partial charge in [0, 0.05) is 5.56 Å². The lowest BCUT2D eigenvalue weighted by molar-refractivity contribution is -0.746. The number of nitrogens with two attached hydrogens (primary N) is 1. The van der Waals surface area contributed by atoms with Crippen molar-refractivity contribution in [3.8, 4) is 5.75 Å². The molecule has 0 aliphatic rings. The third-order valence-corrected chi connectivity index (χ3v) is 2.89.